The number of hydrogen-bond donors (Lipinski definition) is 1. The van der Waals surface area contributed by atoms with Crippen molar-refractivity contribution in [1.29, 1.82) is 0 Å². The Morgan fingerprint density at radius 1 is 1.27 bits per heavy atom. The molecule has 26 heavy (non-hydrogen) atoms. The molecule has 2 N–H and O–H groups in total. The first-order valence-corrected chi connectivity index (χ1v) is 8.87. The number of ether oxygens (including phenoxy) is 1. The van der Waals surface area contributed by atoms with E-state index < -0.39 is 12.8 Å². The van der Waals surface area contributed by atoms with Crippen molar-refractivity contribution in [1.82, 2.24) is 4.90 Å². The number of halogens is 3. The normalized spacial score (nSPS) is 20.3. The zero-order valence-electron chi connectivity index (χ0n) is 15.5. The van der Waals surface area contributed by atoms with Gasteiger partial charge in [-0.2, -0.15) is 13.2 Å². The van der Waals surface area contributed by atoms with Crippen molar-refractivity contribution in [3.63, 3.8) is 0 Å². The second-order valence-electron chi connectivity index (χ2n) is 7.19. The van der Waals surface area contributed by atoms with Crippen LogP contribution in [0.3, 0.4) is 0 Å². The van der Waals surface area contributed by atoms with Gasteiger partial charge in [0.05, 0.1) is 0 Å². The first-order valence-electron chi connectivity index (χ1n) is 8.87. The van der Waals surface area contributed by atoms with Gasteiger partial charge in [0, 0.05) is 19.5 Å². The Hall–Kier alpha value is -1.76. The number of nitrogens with two attached hydrogens (primary N) is 1. The summed E-state index contributed by atoms with van der Waals surface area (Å²) in [6.45, 7) is 3.05. The summed E-state index contributed by atoms with van der Waals surface area (Å²) in [6, 6.07) is 3.55. The molecule has 2 rings (SSSR count). The summed E-state index contributed by atoms with van der Waals surface area (Å²) in [6.07, 6.45) is -1.49. The number of aryl methyl sites for hydroxylation is 2. The van der Waals surface area contributed by atoms with Gasteiger partial charge in [0.1, 0.15) is 5.75 Å². The van der Waals surface area contributed by atoms with E-state index in [4.69, 9.17) is 10.5 Å². The Labute approximate surface area is 152 Å². The molecule has 1 saturated carbocycles. The van der Waals surface area contributed by atoms with Crippen LogP contribution >= 0.6 is 0 Å². The molecule has 0 saturated heterocycles. The first kappa shape index (κ1) is 20.6. The molecule has 0 spiro atoms. The number of amides is 1. The SMILES string of the molecule is Cc1cc(CN(C)C(=O)[C@@H]2CCC[C@@H]2CN)cc(C)c1OCC(F)(F)F. The lowest BCUT2D eigenvalue weighted by atomic mass is 9.94. The van der Waals surface area contributed by atoms with Crippen LogP contribution in [0.2, 0.25) is 0 Å². The smallest absolute Gasteiger partial charge is 0.422 e. The van der Waals surface area contributed by atoms with Crippen LogP contribution in [0.5, 0.6) is 5.75 Å². The molecule has 0 heterocycles. The minimum atomic E-state index is -4.37. The third kappa shape index (κ3) is 5.13. The van der Waals surface area contributed by atoms with Crippen LogP contribution in [0.15, 0.2) is 12.1 Å². The van der Waals surface area contributed by atoms with Gasteiger partial charge < -0.3 is 15.4 Å². The summed E-state index contributed by atoms with van der Waals surface area (Å²) < 4.78 is 42.1. The number of rotatable bonds is 6. The van der Waals surface area contributed by atoms with E-state index in [0.717, 1.165) is 24.8 Å². The van der Waals surface area contributed by atoms with Gasteiger partial charge in [-0.25, -0.2) is 0 Å². The number of carbonyl (C=O) groups is 1. The standard InChI is InChI=1S/C19H27F3N2O2/c1-12-7-14(8-13(2)17(12)26-11-19(20,21)22)10-24(3)18(25)16-6-4-5-15(16)9-23/h7-8,15-16H,4-6,9-11,23H2,1-3H3/t15-,16-/m1/s1. The molecule has 1 fully saturated rings. The number of hydrogen-bond acceptors (Lipinski definition) is 3. The minimum Gasteiger partial charge on any atom is -0.484 e. The van der Waals surface area contributed by atoms with Gasteiger partial charge in [0.15, 0.2) is 6.61 Å². The summed E-state index contributed by atoms with van der Waals surface area (Å²) in [5.74, 6) is 0.554. The van der Waals surface area contributed by atoms with E-state index in [1.54, 1.807) is 37.9 Å². The van der Waals surface area contributed by atoms with Crippen LogP contribution in [0.1, 0.15) is 36.0 Å². The molecule has 0 aliphatic heterocycles. The molecule has 0 unspecified atom stereocenters. The molecule has 0 radical (unpaired) electrons. The van der Waals surface area contributed by atoms with Gasteiger partial charge in [-0.3, -0.25) is 4.79 Å². The number of nitrogens with zero attached hydrogens (tertiary/aromatic N) is 1. The Balaban J connectivity index is 2.06. The van der Waals surface area contributed by atoms with E-state index in [1.165, 1.54) is 0 Å². The van der Waals surface area contributed by atoms with Crippen molar-refractivity contribution in [2.24, 2.45) is 17.6 Å². The molecular weight excluding hydrogens is 345 g/mol. The molecule has 1 aliphatic rings. The maximum absolute atomic E-state index is 12.7. The molecule has 146 valence electrons. The highest BCUT2D eigenvalue weighted by molar-refractivity contribution is 5.79. The van der Waals surface area contributed by atoms with Crippen molar-refractivity contribution < 1.29 is 22.7 Å². The van der Waals surface area contributed by atoms with Crippen LogP contribution in [-0.2, 0) is 11.3 Å². The van der Waals surface area contributed by atoms with Crippen molar-refractivity contribution >= 4 is 5.91 Å². The van der Waals surface area contributed by atoms with E-state index in [9.17, 15) is 18.0 Å². The second-order valence-corrected chi connectivity index (χ2v) is 7.19. The van der Waals surface area contributed by atoms with Crippen molar-refractivity contribution in [2.75, 3.05) is 20.2 Å². The fourth-order valence-electron chi connectivity index (χ4n) is 3.79. The van der Waals surface area contributed by atoms with Crippen molar-refractivity contribution in [2.45, 2.75) is 45.8 Å². The molecule has 4 nitrogen and oxygen atoms in total. The largest absolute Gasteiger partial charge is 0.484 e. The van der Waals surface area contributed by atoms with Crippen molar-refractivity contribution in [3.05, 3.63) is 28.8 Å². The quantitative estimate of drug-likeness (QED) is 0.830. The Bertz CT molecular complexity index is 623. The lowest BCUT2D eigenvalue weighted by Crippen LogP contribution is -2.36. The summed E-state index contributed by atoms with van der Waals surface area (Å²) in [4.78, 5) is 14.4. The van der Waals surface area contributed by atoms with E-state index in [0.29, 0.717) is 24.2 Å². The highest BCUT2D eigenvalue weighted by atomic mass is 19.4. The summed E-state index contributed by atoms with van der Waals surface area (Å²) in [5.41, 5.74) is 7.90. The van der Waals surface area contributed by atoms with Crippen LogP contribution in [-0.4, -0.2) is 37.2 Å². The Kier molecular flexibility index (Phi) is 6.55. The van der Waals surface area contributed by atoms with Crippen molar-refractivity contribution in [3.8, 4) is 5.75 Å². The second kappa shape index (κ2) is 8.29. The molecule has 0 aromatic heterocycles. The van der Waals surface area contributed by atoms with E-state index in [-0.39, 0.29) is 23.5 Å². The third-order valence-corrected chi connectivity index (χ3v) is 4.98. The topological polar surface area (TPSA) is 55.6 Å². The lowest BCUT2D eigenvalue weighted by Gasteiger charge is -2.25. The van der Waals surface area contributed by atoms with Gasteiger partial charge in [0.2, 0.25) is 5.91 Å². The molecule has 7 heteroatoms. The predicted octanol–water partition coefficient (Wildman–Crippen LogP) is 3.58. The van der Waals surface area contributed by atoms with Gasteiger partial charge >= 0.3 is 6.18 Å². The number of alkyl halides is 3. The van der Waals surface area contributed by atoms with E-state index >= 15 is 0 Å². The number of benzene rings is 1. The maximum Gasteiger partial charge on any atom is 0.422 e. The monoisotopic (exact) mass is 372 g/mol. The van der Waals surface area contributed by atoms with Crippen LogP contribution in [0.25, 0.3) is 0 Å². The molecule has 1 amide bonds. The summed E-state index contributed by atoms with van der Waals surface area (Å²) >= 11 is 0. The highest BCUT2D eigenvalue weighted by Crippen LogP contribution is 2.33. The minimum absolute atomic E-state index is 0.0263. The van der Waals surface area contributed by atoms with E-state index in [2.05, 4.69) is 0 Å². The fraction of sp³-hybridized carbons (Fsp3) is 0.632. The zero-order valence-corrected chi connectivity index (χ0v) is 15.5. The first-order chi connectivity index (χ1) is 12.1. The van der Waals surface area contributed by atoms with Gasteiger partial charge in [-0.05, 0) is 55.8 Å². The van der Waals surface area contributed by atoms with Crippen LogP contribution in [0.4, 0.5) is 13.2 Å². The number of carbonyl (C=O) groups excluding carboxylic acids is 1. The van der Waals surface area contributed by atoms with Crippen LogP contribution in [0, 0.1) is 25.7 Å². The Morgan fingerprint density at radius 3 is 2.42 bits per heavy atom. The molecular formula is C19H27F3N2O2. The average Bonchev–Trinajstić information content (AvgIpc) is 3.00. The zero-order chi connectivity index (χ0) is 19.5. The lowest BCUT2D eigenvalue weighted by molar-refractivity contribution is -0.153. The summed E-state index contributed by atoms with van der Waals surface area (Å²) in [7, 11) is 1.76. The fourth-order valence-corrected chi connectivity index (χ4v) is 3.79. The predicted molar refractivity (Wildman–Crippen MR) is 93.8 cm³/mol. The maximum atomic E-state index is 12.7. The molecule has 1 aliphatic carbocycles. The average molecular weight is 372 g/mol. The van der Waals surface area contributed by atoms with Gasteiger partial charge in [0.25, 0.3) is 0 Å². The highest BCUT2D eigenvalue weighted by Gasteiger charge is 2.33. The third-order valence-electron chi connectivity index (χ3n) is 4.98. The van der Waals surface area contributed by atoms with Crippen LogP contribution < -0.4 is 10.5 Å². The van der Waals surface area contributed by atoms with E-state index in [1.807, 2.05) is 0 Å². The molecule has 1 aromatic carbocycles. The Morgan fingerprint density at radius 2 is 1.88 bits per heavy atom. The van der Waals surface area contributed by atoms with Gasteiger partial charge in [-0.15, -0.1) is 0 Å². The molecule has 2 atom stereocenters. The summed E-state index contributed by atoms with van der Waals surface area (Å²) in [5, 5.41) is 0. The van der Waals surface area contributed by atoms with Gasteiger partial charge in [-0.1, -0.05) is 18.6 Å². The molecule has 1 aromatic rings. The molecule has 0 bridgehead atoms.